The number of hydrogen-bond donors (Lipinski definition) is 0. The van der Waals surface area contributed by atoms with E-state index in [1.165, 1.54) is 12.0 Å². The first kappa shape index (κ1) is 13.2. The van der Waals surface area contributed by atoms with Gasteiger partial charge in [0.2, 0.25) is 0 Å². The zero-order valence-electron chi connectivity index (χ0n) is 11.5. The molecule has 0 unspecified atom stereocenters. The molecular formula is C17H17ClN2. The van der Waals surface area contributed by atoms with Crippen LogP contribution in [0.1, 0.15) is 24.7 Å². The van der Waals surface area contributed by atoms with Crippen LogP contribution in [0, 0.1) is 0 Å². The average Bonchev–Trinajstić information content (AvgIpc) is 2.87. The highest BCUT2D eigenvalue weighted by molar-refractivity contribution is 6.17. The van der Waals surface area contributed by atoms with E-state index in [2.05, 4.69) is 46.8 Å². The molecule has 3 aromatic rings. The summed E-state index contributed by atoms with van der Waals surface area (Å²) in [6.07, 6.45) is 2.29. The fourth-order valence-electron chi connectivity index (χ4n) is 2.55. The topological polar surface area (TPSA) is 17.8 Å². The van der Waals surface area contributed by atoms with Crippen molar-refractivity contribution in [3.63, 3.8) is 0 Å². The van der Waals surface area contributed by atoms with Crippen molar-refractivity contribution in [2.24, 2.45) is 0 Å². The van der Waals surface area contributed by atoms with Crippen LogP contribution in [0.4, 0.5) is 0 Å². The lowest BCUT2D eigenvalue weighted by Gasteiger charge is -2.08. The molecule has 0 atom stereocenters. The highest BCUT2D eigenvalue weighted by Crippen LogP contribution is 2.23. The first-order valence-corrected chi connectivity index (χ1v) is 7.48. The maximum Gasteiger partial charge on any atom is 0.129 e. The quantitative estimate of drug-likeness (QED) is 0.634. The van der Waals surface area contributed by atoms with Crippen molar-refractivity contribution in [2.75, 3.05) is 0 Å². The number of halogens is 1. The fraction of sp³-hybridized carbons (Fsp3) is 0.235. The Balaban J connectivity index is 2.12. The molecule has 0 saturated heterocycles. The van der Waals surface area contributed by atoms with E-state index in [0.29, 0.717) is 5.88 Å². The average molecular weight is 285 g/mol. The maximum absolute atomic E-state index is 6.05. The summed E-state index contributed by atoms with van der Waals surface area (Å²) in [5.74, 6) is 1.29. The fourth-order valence-corrected chi connectivity index (χ4v) is 2.73. The van der Waals surface area contributed by atoms with Crippen molar-refractivity contribution < 1.29 is 0 Å². The molecule has 1 heterocycles. The third-order valence-electron chi connectivity index (χ3n) is 3.48. The number of para-hydroxylation sites is 2. The number of benzene rings is 2. The van der Waals surface area contributed by atoms with E-state index in [9.17, 15) is 0 Å². The van der Waals surface area contributed by atoms with Crippen LogP contribution in [-0.4, -0.2) is 9.55 Å². The molecule has 0 N–H and O–H groups in total. The molecule has 0 aliphatic heterocycles. The van der Waals surface area contributed by atoms with Crippen LogP contribution in [0.15, 0.2) is 48.5 Å². The molecule has 3 rings (SSSR count). The standard InChI is InChI=1S/C17H17ClN2/c1-2-5-13-8-10-14(11-9-13)20-16-7-4-3-6-15(16)19-17(20)12-18/h3-4,6-11H,2,5,12H2,1H3. The maximum atomic E-state index is 6.05. The van der Waals surface area contributed by atoms with Gasteiger partial charge in [0, 0.05) is 5.69 Å². The summed E-state index contributed by atoms with van der Waals surface area (Å²) in [7, 11) is 0. The molecule has 0 spiro atoms. The molecule has 102 valence electrons. The van der Waals surface area contributed by atoms with Crippen molar-refractivity contribution in [1.82, 2.24) is 9.55 Å². The van der Waals surface area contributed by atoms with E-state index < -0.39 is 0 Å². The van der Waals surface area contributed by atoms with E-state index in [0.717, 1.165) is 29.0 Å². The third-order valence-corrected chi connectivity index (χ3v) is 3.72. The number of hydrogen-bond acceptors (Lipinski definition) is 1. The van der Waals surface area contributed by atoms with Gasteiger partial charge in [0.1, 0.15) is 5.82 Å². The molecule has 20 heavy (non-hydrogen) atoms. The number of alkyl halides is 1. The van der Waals surface area contributed by atoms with Gasteiger partial charge in [-0.05, 0) is 36.2 Å². The van der Waals surface area contributed by atoms with Crippen LogP contribution in [0.5, 0.6) is 0 Å². The summed E-state index contributed by atoms with van der Waals surface area (Å²) < 4.78 is 2.14. The molecule has 0 aliphatic carbocycles. The molecule has 0 amide bonds. The van der Waals surface area contributed by atoms with Gasteiger partial charge in [-0.2, -0.15) is 0 Å². The van der Waals surface area contributed by atoms with E-state index in [-0.39, 0.29) is 0 Å². The number of aromatic nitrogens is 2. The summed E-state index contributed by atoms with van der Waals surface area (Å²) in [6.45, 7) is 2.20. The number of imidazole rings is 1. The van der Waals surface area contributed by atoms with Gasteiger partial charge in [0.25, 0.3) is 0 Å². The van der Waals surface area contributed by atoms with E-state index in [1.807, 2.05) is 18.2 Å². The predicted octanol–water partition coefficient (Wildman–Crippen LogP) is 4.72. The minimum absolute atomic E-state index is 0.408. The Kier molecular flexibility index (Phi) is 3.75. The normalized spacial score (nSPS) is 11.1. The van der Waals surface area contributed by atoms with Gasteiger partial charge in [-0.15, -0.1) is 11.6 Å². The molecule has 0 fully saturated rings. The molecule has 2 aromatic carbocycles. The summed E-state index contributed by atoms with van der Waals surface area (Å²) in [5, 5.41) is 0. The Morgan fingerprint density at radius 3 is 2.50 bits per heavy atom. The molecule has 2 nitrogen and oxygen atoms in total. The van der Waals surface area contributed by atoms with Gasteiger partial charge >= 0.3 is 0 Å². The zero-order valence-corrected chi connectivity index (χ0v) is 12.3. The van der Waals surface area contributed by atoms with Crippen molar-refractivity contribution in [3.05, 3.63) is 59.9 Å². The Labute approximate surface area is 124 Å². The summed E-state index contributed by atoms with van der Waals surface area (Å²) in [5.41, 5.74) is 4.58. The number of fused-ring (bicyclic) bond motifs is 1. The largest absolute Gasteiger partial charge is 0.295 e. The van der Waals surface area contributed by atoms with Crippen molar-refractivity contribution in [1.29, 1.82) is 0 Å². The van der Waals surface area contributed by atoms with Crippen LogP contribution >= 0.6 is 11.6 Å². The van der Waals surface area contributed by atoms with Gasteiger partial charge in [0.05, 0.1) is 16.9 Å². The monoisotopic (exact) mass is 284 g/mol. The zero-order chi connectivity index (χ0) is 13.9. The number of rotatable bonds is 4. The highest BCUT2D eigenvalue weighted by atomic mass is 35.5. The van der Waals surface area contributed by atoms with Gasteiger partial charge in [-0.25, -0.2) is 4.98 Å². The molecule has 0 saturated carbocycles. The van der Waals surface area contributed by atoms with Crippen LogP contribution in [0.3, 0.4) is 0 Å². The minimum atomic E-state index is 0.408. The van der Waals surface area contributed by atoms with Crippen molar-refractivity contribution >= 4 is 22.6 Å². The lowest BCUT2D eigenvalue weighted by Crippen LogP contribution is -1.99. The molecule has 3 heteroatoms. The van der Waals surface area contributed by atoms with Crippen molar-refractivity contribution in [2.45, 2.75) is 25.6 Å². The second kappa shape index (κ2) is 5.68. The lowest BCUT2D eigenvalue weighted by atomic mass is 10.1. The van der Waals surface area contributed by atoms with Crippen LogP contribution < -0.4 is 0 Å². The molecule has 0 bridgehead atoms. The molecule has 1 aromatic heterocycles. The molecule has 0 radical (unpaired) electrons. The van der Waals surface area contributed by atoms with Gasteiger partial charge in [-0.3, -0.25) is 4.57 Å². The summed E-state index contributed by atoms with van der Waals surface area (Å²) >= 11 is 6.05. The molecule has 0 aliphatic rings. The SMILES string of the molecule is CCCc1ccc(-n2c(CCl)nc3ccccc32)cc1. The smallest absolute Gasteiger partial charge is 0.129 e. The van der Waals surface area contributed by atoms with Gasteiger partial charge in [0.15, 0.2) is 0 Å². The van der Waals surface area contributed by atoms with Crippen LogP contribution in [0.2, 0.25) is 0 Å². The Bertz CT molecular complexity index is 713. The van der Waals surface area contributed by atoms with Gasteiger partial charge < -0.3 is 0 Å². The second-order valence-electron chi connectivity index (χ2n) is 4.90. The summed E-state index contributed by atoms with van der Waals surface area (Å²) in [4.78, 5) is 4.60. The Hall–Kier alpha value is -1.80. The van der Waals surface area contributed by atoms with E-state index in [4.69, 9.17) is 11.6 Å². The Morgan fingerprint density at radius 2 is 1.80 bits per heavy atom. The summed E-state index contributed by atoms with van der Waals surface area (Å²) in [6, 6.07) is 16.8. The van der Waals surface area contributed by atoms with Crippen molar-refractivity contribution in [3.8, 4) is 5.69 Å². The number of aryl methyl sites for hydroxylation is 1. The number of nitrogens with zero attached hydrogens (tertiary/aromatic N) is 2. The van der Waals surface area contributed by atoms with Gasteiger partial charge in [-0.1, -0.05) is 37.6 Å². The molecular weight excluding hydrogens is 268 g/mol. The lowest BCUT2D eigenvalue weighted by molar-refractivity contribution is 0.918. The third kappa shape index (κ3) is 2.32. The first-order valence-electron chi connectivity index (χ1n) is 6.95. The highest BCUT2D eigenvalue weighted by Gasteiger charge is 2.10. The predicted molar refractivity (Wildman–Crippen MR) is 84.6 cm³/mol. The Morgan fingerprint density at radius 1 is 1.05 bits per heavy atom. The second-order valence-corrected chi connectivity index (χ2v) is 5.17. The van der Waals surface area contributed by atoms with E-state index >= 15 is 0 Å². The van der Waals surface area contributed by atoms with Crippen LogP contribution in [0.25, 0.3) is 16.7 Å². The van der Waals surface area contributed by atoms with E-state index in [1.54, 1.807) is 0 Å². The van der Waals surface area contributed by atoms with Crippen LogP contribution in [-0.2, 0) is 12.3 Å². The first-order chi connectivity index (χ1) is 9.83. The minimum Gasteiger partial charge on any atom is -0.295 e.